The quantitative estimate of drug-likeness (QED) is 0.766. The molecule has 98 valence electrons. The average molecular weight is 249 g/mol. The molecule has 0 aromatic heterocycles. The number of carbonyl (C=O) groups is 2. The Morgan fingerprint density at radius 1 is 1.28 bits per heavy atom. The molecule has 0 unspecified atom stereocenters. The number of hydrogen-bond donors (Lipinski definition) is 0. The summed E-state index contributed by atoms with van der Waals surface area (Å²) < 4.78 is 4.55. The lowest BCUT2D eigenvalue weighted by atomic mass is 10.0. The summed E-state index contributed by atoms with van der Waals surface area (Å²) in [5.41, 5.74) is 2.75. The second-order valence-corrected chi connectivity index (χ2v) is 4.37. The summed E-state index contributed by atoms with van der Waals surface area (Å²) in [6.45, 7) is 4.26. The van der Waals surface area contributed by atoms with Crippen LogP contribution in [0.5, 0.6) is 0 Å². The molecule has 0 spiro atoms. The minimum Gasteiger partial charge on any atom is -0.469 e. The van der Waals surface area contributed by atoms with E-state index in [1.165, 1.54) is 12.0 Å². The molecule has 0 heterocycles. The van der Waals surface area contributed by atoms with Crippen molar-refractivity contribution in [2.75, 3.05) is 20.7 Å². The zero-order valence-electron chi connectivity index (χ0n) is 11.3. The van der Waals surface area contributed by atoms with Crippen molar-refractivity contribution in [3.63, 3.8) is 0 Å². The standard InChI is InChI=1S/C14H19NO3/c1-10-5-6-12(11(2)9-10)14(17)15(3)8-7-13(16)18-4/h5-6,9H,7-8H2,1-4H3. The van der Waals surface area contributed by atoms with Gasteiger partial charge in [0.1, 0.15) is 0 Å². The lowest BCUT2D eigenvalue weighted by molar-refractivity contribution is -0.140. The smallest absolute Gasteiger partial charge is 0.307 e. The molecule has 0 aliphatic carbocycles. The van der Waals surface area contributed by atoms with Gasteiger partial charge in [0.25, 0.3) is 5.91 Å². The molecule has 0 atom stereocenters. The molecule has 0 aliphatic heterocycles. The maximum Gasteiger partial charge on any atom is 0.307 e. The molecule has 0 saturated carbocycles. The lowest BCUT2D eigenvalue weighted by Crippen LogP contribution is -2.29. The monoisotopic (exact) mass is 249 g/mol. The molecule has 1 rings (SSSR count). The van der Waals surface area contributed by atoms with Gasteiger partial charge >= 0.3 is 5.97 Å². The highest BCUT2D eigenvalue weighted by Crippen LogP contribution is 2.12. The Labute approximate surface area is 108 Å². The van der Waals surface area contributed by atoms with Crippen LogP contribution in [0.3, 0.4) is 0 Å². The third-order valence-corrected chi connectivity index (χ3v) is 2.84. The molecule has 1 aromatic rings. The van der Waals surface area contributed by atoms with E-state index in [4.69, 9.17) is 0 Å². The van der Waals surface area contributed by atoms with Crippen LogP contribution in [-0.4, -0.2) is 37.5 Å². The molecule has 0 bridgehead atoms. The van der Waals surface area contributed by atoms with Crippen LogP contribution < -0.4 is 0 Å². The van der Waals surface area contributed by atoms with Gasteiger partial charge in [0.05, 0.1) is 13.5 Å². The van der Waals surface area contributed by atoms with Crippen molar-refractivity contribution in [3.8, 4) is 0 Å². The Kier molecular flexibility index (Phi) is 4.89. The first-order chi connectivity index (χ1) is 8.45. The maximum absolute atomic E-state index is 12.2. The number of esters is 1. The first-order valence-corrected chi connectivity index (χ1v) is 5.85. The van der Waals surface area contributed by atoms with Gasteiger partial charge in [-0.2, -0.15) is 0 Å². The largest absolute Gasteiger partial charge is 0.469 e. The highest BCUT2D eigenvalue weighted by molar-refractivity contribution is 5.95. The zero-order valence-corrected chi connectivity index (χ0v) is 11.3. The molecular weight excluding hydrogens is 230 g/mol. The third-order valence-electron chi connectivity index (χ3n) is 2.84. The molecule has 0 fully saturated rings. The van der Waals surface area contributed by atoms with E-state index in [-0.39, 0.29) is 18.3 Å². The van der Waals surface area contributed by atoms with Crippen LogP contribution >= 0.6 is 0 Å². The number of carbonyl (C=O) groups excluding carboxylic acids is 2. The number of ether oxygens (including phenoxy) is 1. The summed E-state index contributed by atoms with van der Waals surface area (Å²) in [7, 11) is 3.03. The van der Waals surface area contributed by atoms with Crippen molar-refractivity contribution < 1.29 is 14.3 Å². The van der Waals surface area contributed by atoms with Gasteiger partial charge in [0.15, 0.2) is 0 Å². The van der Waals surface area contributed by atoms with Gasteiger partial charge < -0.3 is 9.64 Å². The Morgan fingerprint density at radius 3 is 2.50 bits per heavy atom. The van der Waals surface area contributed by atoms with E-state index in [1.54, 1.807) is 7.05 Å². The van der Waals surface area contributed by atoms with Gasteiger partial charge in [-0.05, 0) is 25.5 Å². The number of methoxy groups -OCH3 is 1. The van der Waals surface area contributed by atoms with Crippen LogP contribution in [0, 0.1) is 13.8 Å². The van der Waals surface area contributed by atoms with Gasteiger partial charge in [-0.15, -0.1) is 0 Å². The van der Waals surface area contributed by atoms with Crippen LogP contribution in [0.2, 0.25) is 0 Å². The molecule has 0 N–H and O–H groups in total. The van der Waals surface area contributed by atoms with E-state index in [9.17, 15) is 9.59 Å². The fourth-order valence-corrected chi connectivity index (χ4v) is 1.72. The van der Waals surface area contributed by atoms with E-state index >= 15 is 0 Å². The van der Waals surface area contributed by atoms with Gasteiger partial charge in [0.2, 0.25) is 0 Å². The number of benzene rings is 1. The Morgan fingerprint density at radius 2 is 1.94 bits per heavy atom. The van der Waals surface area contributed by atoms with Crippen LogP contribution in [-0.2, 0) is 9.53 Å². The summed E-state index contributed by atoms with van der Waals surface area (Å²) >= 11 is 0. The van der Waals surface area contributed by atoms with Crippen LogP contribution in [0.4, 0.5) is 0 Å². The second kappa shape index (κ2) is 6.19. The predicted octanol–water partition coefficient (Wildman–Crippen LogP) is 1.94. The van der Waals surface area contributed by atoms with Crippen molar-refractivity contribution >= 4 is 11.9 Å². The molecule has 0 radical (unpaired) electrons. The van der Waals surface area contributed by atoms with E-state index in [0.29, 0.717) is 12.1 Å². The van der Waals surface area contributed by atoms with Crippen LogP contribution in [0.25, 0.3) is 0 Å². The zero-order chi connectivity index (χ0) is 13.7. The topological polar surface area (TPSA) is 46.6 Å². The summed E-state index contributed by atoms with van der Waals surface area (Å²) in [4.78, 5) is 24.7. The van der Waals surface area contributed by atoms with E-state index in [1.807, 2.05) is 32.0 Å². The van der Waals surface area contributed by atoms with Gasteiger partial charge in [0, 0.05) is 19.2 Å². The molecule has 0 aliphatic rings. The molecule has 18 heavy (non-hydrogen) atoms. The van der Waals surface area contributed by atoms with Crippen molar-refractivity contribution in [2.24, 2.45) is 0 Å². The number of hydrogen-bond acceptors (Lipinski definition) is 3. The number of rotatable bonds is 4. The molecule has 0 saturated heterocycles. The van der Waals surface area contributed by atoms with Crippen molar-refractivity contribution in [1.82, 2.24) is 4.90 Å². The Balaban J connectivity index is 2.71. The summed E-state index contributed by atoms with van der Waals surface area (Å²) in [5, 5.41) is 0. The predicted molar refractivity (Wildman–Crippen MR) is 69.5 cm³/mol. The first kappa shape index (κ1) is 14.2. The lowest BCUT2D eigenvalue weighted by Gasteiger charge is -2.17. The normalized spacial score (nSPS) is 10.0. The highest BCUT2D eigenvalue weighted by Gasteiger charge is 2.15. The van der Waals surface area contributed by atoms with E-state index in [0.717, 1.165) is 11.1 Å². The fraction of sp³-hybridized carbons (Fsp3) is 0.429. The molecule has 4 heteroatoms. The highest BCUT2D eigenvalue weighted by atomic mass is 16.5. The molecule has 1 aromatic carbocycles. The van der Waals surface area contributed by atoms with Crippen molar-refractivity contribution in [1.29, 1.82) is 0 Å². The minimum atomic E-state index is -0.310. The maximum atomic E-state index is 12.2. The van der Waals surface area contributed by atoms with E-state index in [2.05, 4.69) is 4.74 Å². The third kappa shape index (κ3) is 3.58. The van der Waals surface area contributed by atoms with Crippen molar-refractivity contribution in [2.45, 2.75) is 20.3 Å². The first-order valence-electron chi connectivity index (χ1n) is 5.85. The van der Waals surface area contributed by atoms with Gasteiger partial charge in [-0.1, -0.05) is 17.7 Å². The number of aryl methyl sites for hydroxylation is 2. The van der Waals surface area contributed by atoms with Crippen molar-refractivity contribution in [3.05, 3.63) is 34.9 Å². The van der Waals surface area contributed by atoms with Crippen LogP contribution in [0.15, 0.2) is 18.2 Å². The Bertz CT molecular complexity index is 454. The SMILES string of the molecule is COC(=O)CCN(C)C(=O)c1ccc(C)cc1C. The van der Waals surface area contributed by atoms with E-state index < -0.39 is 0 Å². The minimum absolute atomic E-state index is 0.0728. The Hall–Kier alpha value is -1.84. The van der Waals surface area contributed by atoms with Gasteiger partial charge in [-0.3, -0.25) is 9.59 Å². The summed E-state index contributed by atoms with van der Waals surface area (Å²) in [6.07, 6.45) is 0.212. The average Bonchev–Trinajstić information content (AvgIpc) is 2.34. The fourth-order valence-electron chi connectivity index (χ4n) is 1.72. The molecule has 1 amide bonds. The number of amides is 1. The van der Waals surface area contributed by atoms with Crippen LogP contribution in [0.1, 0.15) is 27.9 Å². The number of nitrogens with zero attached hydrogens (tertiary/aromatic N) is 1. The summed E-state index contributed by atoms with van der Waals surface area (Å²) in [5.74, 6) is -0.383. The molecular formula is C14H19NO3. The summed E-state index contributed by atoms with van der Waals surface area (Å²) in [6, 6.07) is 5.71. The molecule has 4 nitrogen and oxygen atoms in total. The second-order valence-electron chi connectivity index (χ2n) is 4.37. The van der Waals surface area contributed by atoms with Gasteiger partial charge in [-0.25, -0.2) is 0 Å².